The lowest BCUT2D eigenvalue weighted by atomic mass is 10.1. The van der Waals surface area contributed by atoms with Crippen LogP contribution in [0, 0.1) is 43.4 Å². The number of nitrogen functional groups attached to an aromatic ring is 1. The Balaban J connectivity index is 1.48. The number of anilines is 1. The highest BCUT2D eigenvalue weighted by molar-refractivity contribution is 5.93. The van der Waals surface area contributed by atoms with Crippen LogP contribution in [0.2, 0.25) is 0 Å². The van der Waals surface area contributed by atoms with Crippen molar-refractivity contribution in [3.63, 3.8) is 0 Å². The van der Waals surface area contributed by atoms with Gasteiger partial charge in [-0.1, -0.05) is 20.4 Å². The van der Waals surface area contributed by atoms with E-state index in [9.17, 15) is 20.1 Å². The van der Waals surface area contributed by atoms with Crippen LogP contribution in [-0.4, -0.2) is 86.7 Å². The van der Waals surface area contributed by atoms with E-state index in [2.05, 4.69) is 37.6 Å². The van der Waals surface area contributed by atoms with E-state index >= 15 is 0 Å². The second-order valence-electron chi connectivity index (χ2n) is 11.2. The number of fused-ring (bicyclic) bond motifs is 1. The molecule has 2 N–H and O–H groups in total. The number of aromatic nitrogens is 9. The summed E-state index contributed by atoms with van der Waals surface area (Å²) in [5.41, 5.74) is 9.73. The maximum absolute atomic E-state index is 12.4. The molecule has 0 radical (unpaired) electrons. The van der Waals surface area contributed by atoms with Crippen LogP contribution in [0.15, 0.2) is 22.6 Å². The molecule has 1 aliphatic heterocycles. The zero-order chi connectivity index (χ0) is 36.2. The first-order valence-corrected chi connectivity index (χ1v) is 14.8. The van der Waals surface area contributed by atoms with Gasteiger partial charge in [-0.25, -0.2) is 19.3 Å². The Morgan fingerprint density at radius 1 is 0.960 bits per heavy atom. The third-order valence-corrected chi connectivity index (χ3v) is 8.20. The van der Waals surface area contributed by atoms with Gasteiger partial charge in [0.1, 0.15) is 50.1 Å². The van der Waals surface area contributed by atoms with Crippen LogP contribution < -0.4 is 5.73 Å². The number of rotatable bonds is 7. The Hall–Kier alpha value is -7.09. The first kappa shape index (κ1) is 32.8. The number of carbonyl (C=O) groups is 2. The number of carbonyl (C=O) groups excluding carboxylic acids is 2. The molecule has 6 rings (SSSR count). The van der Waals surface area contributed by atoms with E-state index in [0.29, 0.717) is 45.7 Å². The molecule has 252 valence electrons. The molecular weight excluding hydrogens is 648 g/mol. The second kappa shape index (κ2) is 12.2. The quantitative estimate of drug-likeness (QED) is 0.148. The van der Waals surface area contributed by atoms with Crippen LogP contribution in [0.1, 0.15) is 54.5 Å². The highest BCUT2D eigenvalue weighted by Gasteiger charge is 2.36. The maximum atomic E-state index is 12.4. The van der Waals surface area contributed by atoms with E-state index in [4.69, 9.17) is 25.3 Å². The number of pyridine rings is 1. The van der Waals surface area contributed by atoms with E-state index < -0.39 is 11.9 Å². The lowest BCUT2D eigenvalue weighted by Crippen LogP contribution is -2.15. The molecule has 0 unspecified atom stereocenters. The molecule has 1 aliphatic rings. The van der Waals surface area contributed by atoms with Crippen LogP contribution in [-0.2, 0) is 30.1 Å². The topological polar surface area (TPSA) is 241 Å². The lowest BCUT2D eigenvalue weighted by molar-refractivity contribution is -0.523. The van der Waals surface area contributed by atoms with Gasteiger partial charge in [0.05, 0.1) is 38.0 Å². The predicted octanol–water partition coefficient (Wildman–Crippen LogP) is 2.74. The van der Waals surface area contributed by atoms with Gasteiger partial charge >= 0.3 is 23.6 Å². The highest BCUT2D eigenvalue weighted by Crippen LogP contribution is 2.39. The SMILES string of the molecule is COC(=O)c1cnn(C)c1[N+](C)=Nc1c(C)nn(-c2nc(-n3nc4c(c3N)N=[N+](c3c(C(=O)OC)cnn3C)C4)c(C#N)c(C)c2C#N)c1C. The minimum Gasteiger partial charge on any atom is -0.465 e. The fourth-order valence-corrected chi connectivity index (χ4v) is 5.76. The van der Waals surface area contributed by atoms with Crippen molar-refractivity contribution in [3.05, 3.63) is 57.3 Å². The molecule has 6 heterocycles. The van der Waals surface area contributed by atoms with Crippen LogP contribution in [0.5, 0.6) is 0 Å². The van der Waals surface area contributed by atoms with Gasteiger partial charge < -0.3 is 15.2 Å². The zero-order valence-electron chi connectivity index (χ0n) is 28.3. The number of hydrogen-bond acceptors (Lipinski definition) is 14. The molecule has 5 aromatic rings. The molecule has 20 heteroatoms. The molecule has 20 nitrogen and oxygen atoms in total. The number of nitrogens with zero attached hydrogens (tertiary/aromatic N) is 15. The smallest absolute Gasteiger partial charge is 0.348 e. The molecule has 0 amide bonds. The molecule has 0 bridgehead atoms. The summed E-state index contributed by atoms with van der Waals surface area (Å²) in [6, 6.07) is 4.29. The van der Waals surface area contributed by atoms with E-state index in [1.54, 1.807) is 41.9 Å². The summed E-state index contributed by atoms with van der Waals surface area (Å²) >= 11 is 0. The van der Waals surface area contributed by atoms with Gasteiger partial charge in [-0.2, -0.15) is 25.4 Å². The second-order valence-corrected chi connectivity index (χ2v) is 11.2. The molecule has 0 aliphatic carbocycles. The monoisotopic (exact) mass is 678 g/mol. The third kappa shape index (κ3) is 4.93. The number of esters is 2. The average Bonchev–Trinajstić information content (AvgIpc) is 3.91. The Labute approximate surface area is 283 Å². The summed E-state index contributed by atoms with van der Waals surface area (Å²) in [5, 5.41) is 47.4. The van der Waals surface area contributed by atoms with E-state index in [1.807, 2.05) is 0 Å². The number of aryl methyl sites for hydroxylation is 3. The first-order valence-electron chi connectivity index (χ1n) is 14.8. The fraction of sp³-hybridized carbons (Fsp3) is 0.300. The fourth-order valence-electron chi connectivity index (χ4n) is 5.76. The average molecular weight is 679 g/mol. The summed E-state index contributed by atoms with van der Waals surface area (Å²) in [6.07, 6.45) is 2.77. The van der Waals surface area contributed by atoms with Gasteiger partial charge in [-0.05, 0) is 26.3 Å². The van der Waals surface area contributed by atoms with Crippen molar-refractivity contribution < 1.29 is 28.5 Å². The summed E-state index contributed by atoms with van der Waals surface area (Å²) < 4.78 is 18.5. The van der Waals surface area contributed by atoms with Crippen molar-refractivity contribution in [2.75, 3.05) is 27.0 Å². The summed E-state index contributed by atoms with van der Waals surface area (Å²) in [5.74, 6) is -0.137. The third-order valence-electron chi connectivity index (χ3n) is 8.20. The summed E-state index contributed by atoms with van der Waals surface area (Å²) in [6.45, 7) is 5.24. The molecule has 0 spiro atoms. The Morgan fingerprint density at radius 2 is 1.56 bits per heavy atom. The molecule has 5 aromatic heterocycles. The van der Waals surface area contributed by atoms with Gasteiger partial charge in [-0.3, -0.25) is 0 Å². The standard InChI is InChI=1S/C30H29N16O4/c1-14-17(9-31)25(45-16(3)22(15(2)37-45)39-43(6)27-19(29(47)49-7)11-34-41(27)4)36-26(18(14)10-32)46-24(33)23-21(38-46)13-44(40-23)28-20(30(48)50-8)12-35-42(28)5/h11-12,33H,13H2,1-8H3/q+1/p+1. The number of nitrogens with two attached hydrogens (primary N) is 1. The van der Waals surface area contributed by atoms with Crippen molar-refractivity contribution in [2.24, 2.45) is 24.3 Å². The normalized spacial score (nSPS) is 12.4. The van der Waals surface area contributed by atoms with Crippen molar-refractivity contribution in [1.29, 1.82) is 10.5 Å². The van der Waals surface area contributed by atoms with Gasteiger partial charge in [0.15, 0.2) is 46.5 Å². The number of azo groups is 4. The first-order chi connectivity index (χ1) is 23.9. The van der Waals surface area contributed by atoms with Gasteiger partial charge in [0.25, 0.3) is 0 Å². The zero-order valence-corrected chi connectivity index (χ0v) is 28.3. The predicted molar refractivity (Wildman–Crippen MR) is 169 cm³/mol. The molecule has 0 atom stereocenters. The Kier molecular flexibility index (Phi) is 7.99. The van der Waals surface area contributed by atoms with Crippen molar-refractivity contribution in [2.45, 2.75) is 27.3 Å². The molecule has 50 heavy (non-hydrogen) atoms. The van der Waals surface area contributed by atoms with Crippen LogP contribution in [0.4, 0.5) is 28.8 Å². The van der Waals surface area contributed by atoms with Crippen LogP contribution >= 0.6 is 0 Å². The number of methoxy groups -OCH3 is 2. The maximum Gasteiger partial charge on any atom is 0.348 e. The lowest BCUT2D eigenvalue weighted by Gasteiger charge is -2.14. The number of nitriles is 2. The largest absolute Gasteiger partial charge is 0.465 e. The van der Waals surface area contributed by atoms with Gasteiger partial charge in [0.2, 0.25) is 0 Å². The van der Waals surface area contributed by atoms with Crippen molar-refractivity contribution in [1.82, 2.24) is 44.1 Å². The molecule has 0 fully saturated rings. The van der Waals surface area contributed by atoms with Gasteiger partial charge in [-0.15, -0.1) is 18.8 Å². The van der Waals surface area contributed by atoms with E-state index in [0.717, 1.165) is 0 Å². The Morgan fingerprint density at radius 3 is 2.18 bits per heavy atom. The van der Waals surface area contributed by atoms with Crippen LogP contribution in [0.3, 0.4) is 0 Å². The molecule has 0 aromatic carbocycles. The Bertz CT molecular complexity index is 2420. The van der Waals surface area contributed by atoms with E-state index in [-0.39, 0.29) is 46.3 Å². The molecular formula is C30H30N16O4+2. The van der Waals surface area contributed by atoms with E-state index in [1.165, 1.54) is 54.7 Å². The van der Waals surface area contributed by atoms with Gasteiger partial charge in [0, 0.05) is 0 Å². The summed E-state index contributed by atoms with van der Waals surface area (Å²) in [7, 11) is 7.53. The highest BCUT2D eigenvalue weighted by atomic mass is 16.5. The van der Waals surface area contributed by atoms with Crippen molar-refractivity contribution in [3.8, 4) is 23.8 Å². The molecule has 0 saturated carbocycles. The van der Waals surface area contributed by atoms with Crippen LogP contribution in [0.25, 0.3) is 11.6 Å². The minimum absolute atomic E-state index is 0.0594. The summed E-state index contributed by atoms with van der Waals surface area (Å²) in [4.78, 5) is 29.5. The minimum atomic E-state index is -0.580. The van der Waals surface area contributed by atoms with Crippen molar-refractivity contribution >= 4 is 40.8 Å². The number of hydrogen-bond donors (Lipinski definition) is 1. The number of ether oxygens (including phenoxy) is 2. The molecule has 0 saturated heterocycles.